The zero-order valence-electron chi connectivity index (χ0n) is 10.2. The number of hydrogen-bond donors (Lipinski definition) is 3. The number of anilines is 1. The smallest absolute Gasteiger partial charge is 0.304 e. The van der Waals surface area contributed by atoms with Crippen molar-refractivity contribution in [2.24, 2.45) is 0 Å². The summed E-state index contributed by atoms with van der Waals surface area (Å²) >= 11 is 0. The first-order valence-corrected chi connectivity index (χ1v) is 6.89. The van der Waals surface area contributed by atoms with Crippen molar-refractivity contribution < 1.29 is 23.1 Å². The van der Waals surface area contributed by atoms with Gasteiger partial charge in [0.25, 0.3) is 0 Å². The highest BCUT2D eigenvalue weighted by molar-refractivity contribution is 7.89. The highest BCUT2D eigenvalue weighted by Crippen LogP contribution is 2.15. The Morgan fingerprint density at radius 2 is 2.00 bits per heavy atom. The van der Waals surface area contributed by atoms with Crippen molar-refractivity contribution >= 4 is 27.6 Å². The average molecular weight is 286 g/mol. The minimum absolute atomic E-state index is 0.0378. The van der Waals surface area contributed by atoms with Crippen LogP contribution in [0.25, 0.3) is 0 Å². The summed E-state index contributed by atoms with van der Waals surface area (Å²) < 4.78 is 25.8. The molecule has 8 heteroatoms. The molecule has 0 radical (unpaired) electrons. The number of aliphatic carboxylic acids is 1. The van der Waals surface area contributed by atoms with Gasteiger partial charge in [0.05, 0.1) is 11.3 Å². The van der Waals surface area contributed by atoms with Gasteiger partial charge in [0.2, 0.25) is 15.9 Å². The Morgan fingerprint density at radius 3 is 2.58 bits per heavy atom. The number of nitrogens with one attached hydrogen (secondary N) is 2. The zero-order valence-corrected chi connectivity index (χ0v) is 11.0. The molecule has 0 spiro atoms. The topological polar surface area (TPSA) is 113 Å². The van der Waals surface area contributed by atoms with E-state index in [-0.39, 0.29) is 23.8 Å². The number of carbonyl (C=O) groups is 2. The molecule has 0 fully saturated rings. The van der Waals surface area contributed by atoms with Crippen LogP contribution >= 0.6 is 0 Å². The Morgan fingerprint density at radius 1 is 1.32 bits per heavy atom. The number of hydrogen-bond acceptors (Lipinski definition) is 4. The number of carboxylic acids is 1. The van der Waals surface area contributed by atoms with Crippen LogP contribution in [-0.2, 0) is 19.6 Å². The molecule has 0 bridgehead atoms. The Hall–Kier alpha value is -1.93. The Kier molecular flexibility index (Phi) is 5.02. The van der Waals surface area contributed by atoms with E-state index in [1.807, 2.05) is 0 Å². The number of carbonyl (C=O) groups excluding carboxylic acids is 1. The second-order valence-corrected chi connectivity index (χ2v) is 5.52. The number of sulfonamides is 1. The lowest BCUT2D eigenvalue weighted by molar-refractivity contribution is -0.136. The fourth-order valence-corrected chi connectivity index (χ4v) is 2.40. The molecular formula is C11H14N2O5S. The Balaban J connectivity index is 2.83. The first-order chi connectivity index (χ1) is 8.81. The van der Waals surface area contributed by atoms with Crippen molar-refractivity contribution in [1.82, 2.24) is 4.72 Å². The second kappa shape index (κ2) is 6.30. The molecule has 0 saturated heterocycles. The van der Waals surface area contributed by atoms with E-state index in [0.717, 1.165) is 0 Å². The van der Waals surface area contributed by atoms with Gasteiger partial charge in [0, 0.05) is 19.2 Å². The number of benzene rings is 1. The van der Waals surface area contributed by atoms with E-state index in [0.29, 0.717) is 5.69 Å². The van der Waals surface area contributed by atoms with Gasteiger partial charge in [-0.15, -0.1) is 0 Å². The van der Waals surface area contributed by atoms with Crippen molar-refractivity contribution in [2.75, 3.05) is 11.9 Å². The molecule has 104 valence electrons. The lowest BCUT2D eigenvalue weighted by atomic mass is 10.3. The van der Waals surface area contributed by atoms with Gasteiger partial charge < -0.3 is 10.4 Å². The summed E-state index contributed by atoms with van der Waals surface area (Å²) in [5, 5.41) is 10.9. The maximum atomic E-state index is 11.8. The third kappa shape index (κ3) is 5.06. The molecule has 0 unspecified atom stereocenters. The van der Waals surface area contributed by atoms with Crippen LogP contribution < -0.4 is 10.0 Å². The van der Waals surface area contributed by atoms with E-state index in [4.69, 9.17) is 5.11 Å². The van der Waals surface area contributed by atoms with E-state index >= 15 is 0 Å². The summed E-state index contributed by atoms with van der Waals surface area (Å²) in [5.74, 6) is -1.40. The van der Waals surface area contributed by atoms with Crippen molar-refractivity contribution in [3.63, 3.8) is 0 Å². The molecule has 7 nitrogen and oxygen atoms in total. The van der Waals surface area contributed by atoms with Crippen LogP contribution in [0.2, 0.25) is 0 Å². The fourth-order valence-electron chi connectivity index (χ4n) is 1.32. The highest BCUT2D eigenvalue weighted by atomic mass is 32.2. The molecule has 0 saturated carbocycles. The molecular weight excluding hydrogens is 272 g/mol. The van der Waals surface area contributed by atoms with Gasteiger partial charge in [-0.05, 0) is 18.2 Å². The predicted octanol–water partition coefficient (Wildman–Crippen LogP) is 0.398. The monoisotopic (exact) mass is 286 g/mol. The minimum Gasteiger partial charge on any atom is -0.481 e. The lowest BCUT2D eigenvalue weighted by Gasteiger charge is -2.07. The van der Waals surface area contributed by atoms with Gasteiger partial charge in [-0.2, -0.15) is 0 Å². The van der Waals surface area contributed by atoms with Crippen LogP contribution in [-0.4, -0.2) is 31.9 Å². The van der Waals surface area contributed by atoms with E-state index in [1.54, 1.807) is 6.07 Å². The quantitative estimate of drug-likeness (QED) is 0.700. The molecule has 1 aromatic carbocycles. The predicted molar refractivity (Wildman–Crippen MR) is 68.2 cm³/mol. The first kappa shape index (κ1) is 15.1. The van der Waals surface area contributed by atoms with Crippen LogP contribution in [0.4, 0.5) is 5.69 Å². The minimum atomic E-state index is -3.78. The molecule has 3 N–H and O–H groups in total. The van der Waals surface area contributed by atoms with Crippen LogP contribution in [0.5, 0.6) is 0 Å². The molecule has 1 rings (SSSR count). The second-order valence-electron chi connectivity index (χ2n) is 3.75. The lowest BCUT2D eigenvalue weighted by Crippen LogP contribution is -2.26. The fraction of sp³-hybridized carbons (Fsp3) is 0.273. The third-order valence-electron chi connectivity index (χ3n) is 2.10. The molecule has 0 aliphatic carbocycles. The maximum absolute atomic E-state index is 11.8. The molecule has 19 heavy (non-hydrogen) atoms. The zero-order chi connectivity index (χ0) is 14.5. The van der Waals surface area contributed by atoms with Crippen LogP contribution in [0.15, 0.2) is 29.2 Å². The van der Waals surface area contributed by atoms with Gasteiger partial charge in [-0.3, -0.25) is 9.59 Å². The molecule has 0 aliphatic rings. The average Bonchev–Trinajstić information content (AvgIpc) is 2.27. The van der Waals surface area contributed by atoms with E-state index in [9.17, 15) is 18.0 Å². The Bertz CT molecular complexity index is 583. The summed E-state index contributed by atoms with van der Waals surface area (Å²) in [4.78, 5) is 21.2. The van der Waals surface area contributed by atoms with E-state index in [1.165, 1.54) is 25.1 Å². The number of amides is 1. The van der Waals surface area contributed by atoms with Gasteiger partial charge >= 0.3 is 5.97 Å². The van der Waals surface area contributed by atoms with Crippen LogP contribution in [0.3, 0.4) is 0 Å². The number of rotatable bonds is 6. The number of carboxylic acid groups (broad SMARTS) is 1. The van der Waals surface area contributed by atoms with Gasteiger partial charge in [-0.25, -0.2) is 13.1 Å². The third-order valence-corrected chi connectivity index (χ3v) is 3.55. The van der Waals surface area contributed by atoms with Gasteiger partial charge in [0.15, 0.2) is 0 Å². The van der Waals surface area contributed by atoms with E-state index in [2.05, 4.69) is 10.0 Å². The molecule has 1 amide bonds. The summed E-state index contributed by atoms with van der Waals surface area (Å²) in [5.41, 5.74) is 0.355. The molecule has 0 atom stereocenters. The first-order valence-electron chi connectivity index (χ1n) is 5.40. The highest BCUT2D eigenvalue weighted by Gasteiger charge is 2.14. The van der Waals surface area contributed by atoms with Crippen LogP contribution in [0, 0.1) is 0 Å². The van der Waals surface area contributed by atoms with Crippen molar-refractivity contribution in [3.8, 4) is 0 Å². The summed E-state index contributed by atoms with van der Waals surface area (Å²) in [6.07, 6.45) is -0.301. The van der Waals surface area contributed by atoms with E-state index < -0.39 is 16.0 Å². The maximum Gasteiger partial charge on any atom is 0.304 e. The SMILES string of the molecule is CC(=O)Nc1cccc(S(=O)(=O)NCCC(=O)O)c1. The standard InChI is InChI=1S/C11H14N2O5S/c1-8(14)13-9-3-2-4-10(7-9)19(17,18)12-6-5-11(15)16/h2-4,7,12H,5-6H2,1H3,(H,13,14)(H,15,16). The molecule has 1 aromatic rings. The summed E-state index contributed by atoms with van der Waals surface area (Å²) in [7, 11) is -3.78. The normalized spacial score (nSPS) is 11.0. The summed E-state index contributed by atoms with van der Waals surface area (Å²) in [6, 6.07) is 5.69. The largest absolute Gasteiger partial charge is 0.481 e. The molecule has 0 heterocycles. The Labute approximate surface area is 110 Å². The summed E-state index contributed by atoms with van der Waals surface area (Å²) in [6.45, 7) is 1.12. The van der Waals surface area contributed by atoms with Crippen molar-refractivity contribution in [2.45, 2.75) is 18.2 Å². The van der Waals surface area contributed by atoms with Gasteiger partial charge in [-0.1, -0.05) is 6.07 Å². The molecule has 0 aliphatic heterocycles. The van der Waals surface area contributed by atoms with Crippen molar-refractivity contribution in [1.29, 1.82) is 0 Å². The van der Waals surface area contributed by atoms with Crippen LogP contribution in [0.1, 0.15) is 13.3 Å². The van der Waals surface area contributed by atoms with Crippen molar-refractivity contribution in [3.05, 3.63) is 24.3 Å². The van der Waals surface area contributed by atoms with Gasteiger partial charge in [0.1, 0.15) is 0 Å². The molecule has 0 aromatic heterocycles.